The number of piperazine rings is 1. The lowest BCUT2D eigenvalue weighted by Gasteiger charge is -2.37. The molecule has 0 aliphatic carbocycles. The molecule has 2 fully saturated rings. The first kappa shape index (κ1) is 12.9. The molecular formula is C14H18BrN3O. The molecule has 0 radical (unpaired) electrons. The van der Waals surface area contributed by atoms with Crippen LogP contribution in [-0.2, 0) is 0 Å². The minimum Gasteiger partial charge on any atom is -0.399 e. The SMILES string of the molecule is Nc1ccc(Br)c(C(=O)N2CCN3CCCC3C2)c1. The molecule has 0 saturated carbocycles. The first-order valence-electron chi connectivity index (χ1n) is 6.73. The van der Waals surface area contributed by atoms with E-state index in [1.807, 2.05) is 11.0 Å². The van der Waals surface area contributed by atoms with E-state index >= 15 is 0 Å². The van der Waals surface area contributed by atoms with Crippen LogP contribution in [0, 0.1) is 0 Å². The van der Waals surface area contributed by atoms with E-state index in [4.69, 9.17) is 5.73 Å². The fraction of sp³-hybridized carbons (Fsp3) is 0.500. The van der Waals surface area contributed by atoms with E-state index in [1.165, 1.54) is 19.4 Å². The van der Waals surface area contributed by atoms with Gasteiger partial charge in [-0.05, 0) is 53.5 Å². The fourth-order valence-electron chi connectivity index (χ4n) is 3.05. The molecule has 1 aromatic carbocycles. The third kappa shape index (κ3) is 2.49. The Kier molecular flexibility index (Phi) is 3.50. The molecular weight excluding hydrogens is 306 g/mol. The molecule has 1 amide bonds. The van der Waals surface area contributed by atoms with Crippen LogP contribution in [0.4, 0.5) is 5.69 Å². The second-order valence-electron chi connectivity index (χ2n) is 5.32. The molecule has 19 heavy (non-hydrogen) atoms. The zero-order valence-corrected chi connectivity index (χ0v) is 12.4. The van der Waals surface area contributed by atoms with Gasteiger partial charge >= 0.3 is 0 Å². The second kappa shape index (κ2) is 5.13. The third-order valence-electron chi connectivity index (χ3n) is 4.10. The van der Waals surface area contributed by atoms with E-state index in [9.17, 15) is 4.79 Å². The summed E-state index contributed by atoms with van der Waals surface area (Å²) in [6.07, 6.45) is 2.47. The van der Waals surface area contributed by atoms with Crippen LogP contribution in [-0.4, -0.2) is 47.9 Å². The van der Waals surface area contributed by atoms with Crippen LogP contribution in [0.1, 0.15) is 23.2 Å². The number of hydrogen-bond acceptors (Lipinski definition) is 3. The lowest BCUT2D eigenvalue weighted by molar-refractivity contribution is 0.0570. The maximum absolute atomic E-state index is 12.6. The Morgan fingerprint density at radius 2 is 2.16 bits per heavy atom. The number of halogens is 1. The minimum absolute atomic E-state index is 0.0886. The molecule has 4 nitrogen and oxygen atoms in total. The van der Waals surface area contributed by atoms with Crippen LogP contribution in [0.25, 0.3) is 0 Å². The lowest BCUT2D eigenvalue weighted by atomic mass is 10.1. The number of carbonyl (C=O) groups is 1. The zero-order valence-electron chi connectivity index (χ0n) is 10.8. The van der Waals surface area contributed by atoms with Crippen molar-refractivity contribution in [2.75, 3.05) is 31.9 Å². The summed E-state index contributed by atoms with van der Waals surface area (Å²) in [5, 5.41) is 0. The van der Waals surface area contributed by atoms with E-state index in [2.05, 4.69) is 20.8 Å². The smallest absolute Gasteiger partial charge is 0.255 e. The third-order valence-corrected chi connectivity index (χ3v) is 4.79. The largest absolute Gasteiger partial charge is 0.399 e. The molecule has 102 valence electrons. The quantitative estimate of drug-likeness (QED) is 0.804. The number of anilines is 1. The first-order valence-corrected chi connectivity index (χ1v) is 7.53. The summed E-state index contributed by atoms with van der Waals surface area (Å²) in [6, 6.07) is 5.95. The molecule has 1 aromatic rings. The maximum Gasteiger partial charge on any atom is 0.255 e. The number of amides is 1. The summed E-state index contributed by atoms with van der Waals surface area (Å²) < 4.78 is 0.820. The van der Waals surface area contributed by atoms with Crippen LogP contribution in [0.2, 0.25) is 0 Å². The molecule has 2 N–H and O–H groups in total. The van der Waals surface area contributed by atoms with Crippen LogP contribution < -0.4 is 5.73 Å². The number of hydrogen-bond donors (Lipinski definition) is 1. The summed E-state index contributed by atoms with van der Waals surface area (Å²) in [4.78, 5) is 17.0. The van der Waals surface area contributed by atoms with Gasteiger partial charge in [-0.3, -0.25) is 9.69 Å². The number of carbonyl (C=O) groups excluding carboxylic acids is 1. The molecule has 2 saturated heterocycles. The number of nitrogens with two attached hydrogens (primary N) is 1. The molecule has 1 unspecified atom stereocenters. The van der Waals surface area contributed by atoms with Gasteiger partial charge in [0.2, 0.25) is 0 Å². The van der Waals surface area contributed by atoms with Gasteiger partial charge in [-0.25, -0.2) is 0 Å². The summed E-state index contributed by atoms with van der Waals surface area (Å²) in [5.74, 6) is 0.0886. The fourth-order valence-corrected chi connectivity index (χ4v) is 3.47. The van der Waals surface area contributed by atoms with Gasteiger partial charge in [0.15, 0.2) is 0 Å². The van der Waals surface area contributed by atoms with Crippen molar-refractivity contribution < 1.29 is 4.79 Å². The van der Waals surface area contributed by atoms with Crippen molar-refractivity contribution in [1.29, 1.82) is 0 Å². The van der Waals surface area contributed by atoms with Crippen LogP contribution >= 0.6 is 15.9 Å². The van der Waals surface area contributed by atoms with Crippen molar-refractivity contribution in [2.45, 2.75) is 18.9 Å². The van der Waals surface area contributed by atoms with E-state index in [0.717, 1.165) is 24.1 Å². The highest BCUT2D eigenvalue weighted by atomic mass is 79.9. The highest BCUT2D eigenvalue weighted by Gasteiger charge is 2.33. The van der Waals surface area contributed by atoms with E-state index in [-0.39, 0.29) is 5.91 Å². The molecule has 2 aliphatic heterocycles. The van der Waals surface area contributed by atoms with Gasteiger partial charge in [0.1, 0.15) is 0 Å². The highest BCUT2D eigenvalue weighted by molar-refractivity contribution is 9.10. The summed E-state index contributed by atoms with van der Waals surface area (Å²) in [7, 11) is 0. The predicted molar refractivity (Wildman–Crippen MR) is 79.1 cm³/mol. The average Bonchev–Trinajstić information content (AvgIpc) is 2.88. The number of nitrogen functional groups attached to an aromatic ring is 1. The summed E-state index contributed by atoms with van der Waals surface area (Å²) in [5.41, 5.74) is 7.08. The standard InChI is InChI=1S/C14H18BrN3O/c15-13-4-3-10(16)8-12(13)14(19)18-7-6-17-5-1-2-11(17)9-18/h3-4,8,11H,1-2,5-7,9,16H2. The van der Waals surface area contributed by atoms with Gasteiger partial charge in [-0.15, -0.1) is 0 Å². The van der Waals surface area contributed by atoms with E-state index in [0.29, 0.717) is 17.3 Å². The van der Waals surface area contributed by atoms with Gasteiger partial charge in [-0.1, -0.05) is 0 Å². The first-order chi connectivity index (χ1) is 9.15. The van der Waals surface area contributed by atoms with Crippen LogP contribution in [0.5, 0.6) is 0 Å². The van der Waals surface area contributed by atoms with Gasteiger partial charge in [0, 0.05) is 35.8 Å². The molecule has 3 rings (SSSR count). The van der Waals surface area contributed by atoms with Gasteiger partial charge in [-0.2, -0.15) is 0 Å². The van der Waals surface area contributed by atoms with Crippen molar-refractivity contribution in [3.05, 3.63) is 28.2 Å². The molecule has 0 bridgehead atoms. The summed E-state index contributed by atoms with van der Waals surface area (Å²) in [6.45, 7) is 3.85. The average molecular weight is 324 g/mol. The predicted octanol–water partition coefficient (Wildman–Crippen LogP) is 1.95. The van der Waals surface area contributed by atoms with E-state index in [1.54, 1.807) is 12.1 Å². The molecule has 2 aliphatic rings. The summed E-state index contributed by atoms with van der Waals surface area (Å²) >= 11 is 3.44. The Morgan fingerprint density at radius 3 is 3.00 bits per heavy atom. The monoisotopic (exact) mass is 323 g/mol. The van der Waals surface area contributed by atoms with Gasteiger partial charge in [0.25, 0.3) is 5.91 Å². The minimum atomic E-state index is 0.0886. The van der Waals surface area contributed by atoms with Gasteiger partial charge < -0.3 is 10.6 Å². The number of rotatable bonds is 1. The second-order valence-corrected chi connectivity index (χ2v) is 6.18. The Balaban J connectivity index is 1.78. The Morgan fingerprint density at radius 1 is 1.32 bits per heavy atom. The van der Waals surface area contributed by atoms with Crippen LogP contribution in [0.3, 0.4) is 0 Å². The molecule has 1 atom stereocenters. The van der Waals surface area contributed by atoms with Crippen molar-refractivity contribution in [3.8, 4) is 0 Å². The van der Waals surface area contributed by atoms with Gasteiger partial charge in [0.05, 0.1) is 5.56 Å². The number of benzene rings is 1. The highest BCUT2D eigenvalue weighted by Crippen LogP contribution is 2.25. The van der Waals surface area contributed by atoms with E-state index < -0.39 is 0 Å². The van der Waals surface area contributed by atoms with Crippen molar-refractivity contribution in [3.63, 3.8) is 0 Å². The van der Waals surface area contributed by atoms with Crippen molar-refractivity contribution in [1.82, 2.24) is 9.80 Å². The van der Waals surface area contributed by atoms with Crippen molar-refractivity contribution >= 4 is 27.5 Å². The van der Waals surface area contributed by atoms with Crippen LogP contribution in [0.15, 0.2) is 22.7 Å². The molecule has 0 aromatic heterocycles. The van der Waals surface area contributed by atoms with Crippen molar-refractivity contribution in [2.24, 2.45) is 0 Å². The maximum atomic E-state index is 12.6. The normalized spacial score (nSPS) is 23.4. The zero-order chi connectivity index (χ0) is 13.4. The Bertz CT molecular complexity index is 505. The molecule has 5 heteroatoms. The molecule has 2 heterocycles. The Labute approximate surface area is 121 Å². The lowest BCUT2D eigenvalue weighted by Crippen LogP contribution is -2.52. The number of nitrogens with zero attached hydrogens (tertiary/aromatic N) is 2. The molecule has 0 spiro atoms. The Hall–Kier alpha value is -1.07. The number of fused-ring (bicyclic) bond motifs is 1. The topological polar surface area (TPSA) is 49.6 Å².